The molecule has 0 aromatic heterocycles. The first kappa shape index (κ1) is 20.2. The summed E-state index contributed by atoms with van der Waals surface area (Å²) < 4.78 is 5.50. The van der Waals surface area contributed by atoms with Gasteiger partial charge < -0.3 is 15.4 Å². The molecule has 0 bridgehead atoms. The summed E-state index contributed by atoms with van der Waals surface area (Å²) in [5, 5.41) is 6.83. The number of rotatable bonds is 9. The number of benzene rings is 1. The molecule has 2 rings (SSSR count). The van der Waals surface area contributed by atoms with Crippen LogP contribution in [-0.2, 0) is 11.3 Å². The second-order valence-electron chi connectivity index (χ2n) is 5.98. The maximum atomic E-state index is 5.50. The third kappa shape index (κ3) is 7.52. The van der Waals surface area contributed by atoms with E-state index in [1.807, 2.05) is 6.07 Å². The van der Waals surface area contributed by atoms with Crippen molar-refractivity contribution in [3.05, 3.63) is 35.9 Å². The molecule has 23 heavy (non-hydrogen) atoms. The van der Waals surface area contributed by atoms with Crippen LogP contribution in [0.1, 0.15) is 38.7 Å². The Hall–Kier alpha value is -0.820. The Balaban J connectivity index is 0.00000264. The van der Waals surface area contributed by atoms with Gasteiger partial charge in [-0.05, 0) is 44.1 Å². The van der Waals surface area contributed by atoms with Crippen molar-refractivity contribution < 1.29 is 4.74 Å². The molecular weight excluding hydrogens is 401 g/mol. The van der Waals surface area contributed by atoms with E-state index in [9.17, 15) is 0 Å². The fourth-order valence-electron chi connectivity index (χ4n) is 2.49. The third-order valence-electron chi connectivity index (χ3n) is 4.18. The second-order valence-corrected chi connectivity index (χ2v) is 5.98. The van der Waals surface area contributed by atoms with Gasteiger partial charge in [-0.25, -0.2) is 4.99 Å². The number of halogens is 1. The number of nitrogens with zero attached hydrogens (tertiary/aromatic N) is 1. The van der Waals surface area contributed by atoms with Gasteiger partial charge in [-0.1, -0.05) is 30.3 Å². The van der Waals surface area contributed by atoms with E-state index in [4.69, 9.17) is 4.74 Å². The molecule has 0 unspecified atom stereocenters. The molecule has 1 aliphatic carbocycles. The molecule has 4 nitrogen and oxygen atoms in total. The van der Waals surface area contributed by atoms with E-state index in [0.717, 1.165) is 38.7 Å². The minimum atomic E-state index is 0. The normalized spacial score (nSPS) is 15.7. The number of nitrogens with one attached hydrogen (secondary N) is 2. The summed E-state index contributed by atoms with van der Waals surface area (Å²) in [6, 6.07) is 10.4. The number of ether oxygens (including phenoxy) is 1. The van der Waals surface area contributed by atoms with Gasteiger partial charge in [0, 0.05) is 26.3 Å². The van der Waals surface area contributed by atoms with Gasteiger partial charge in [0.05, 0.1) is 6.54 Å². The van der Waals surface area contributed by atoms with Crippen LogP contribution in [0.25, 0.3) is 0 Å². The van der Waals surface area contributed by atoms with E-state index >= 15 is 0 Å². The van der Waals surface area contributed by atoms with Crippen molar-refractivity contribution in [1.29, 1.82) is 0 Å². The average molecular weight is 431 g/mol. The van der Waals surface area contributed by atoms with Gasteiger partial charge >= 0.3 is 0 Å². The summed E-state index contributed by atoms with van der Waals surface area (Å²) in [5.41, 5.74) is 1.66. The Morgan fingerprint density at radius 3 is 2.52 bits per heavy atom. The lowest BCUT2D eigenvalue weighted by molar-refractivity contribution is 0.128. The maximum Gasteiger partial charge on any atom is 0.191 e. The summed E-state index contributed by atoms with van der Waals surface area (Å²) in [5.74, 6) is 0.911. The third-order valence-corrected chi connectivity index (χ3v) is 4.18. The summed E-state index contributed by atoms with van der Waals surface area (Å²) >= 11 is 0. The van der Waals surface area contributed by atoms with E-state index in [0.29, 0.717) is 12.0 Å². The highest BCUT2D eigenvalue weighted by Crippen LogP contribution is 2.48. The van der Waals surface area contributed by atoms with E-state index in [-0.39, 0.29) is 24.0 Å². The molecule has 0 atom stereocenters. The molecule has 1 aliphatic rings. The van der Waals surface area contributed by atoms with E-state index < -0.39 is 0 Å². The highest BCUT2D eigenvalue weighted by Gasteiger charge is 2.41. The molecule has 1 aromatic carbocycles. The lowest BCUT2D eigenvalue weighted by Gasteiger charge is -2.18. The number of hydrogen-bond acceptors (Lipinski definition) is 2. The topological polar surface area (TPSA) is 45.7 Å². The van der Waals surface area contributed by atoms with Crippen LogP contribution in [0.15, 0.2) is 35.3 Å². The Morgan fingerprint density at radius 2 is 1.91 bits per heavy atom. The van der Waals surface area contributed by atoms with Crippen LogP contribution >= 0.6 is 24.0 Å². The van der Waals surface area contributed by atoms with E-state index in [1.54, 1.807) is 0 Å². The molecule has 2 N–H and O–H groups in total. The van der Waals surface area contributed by atoms with Crippen LogP contribution in [0.4, 0.5) is 0 Å². The molecule has 0 saturated heterocycles. The van der Waals surface area contributed by atoms with Gasteiger partial charge in [0.25, 0.3) is 0 Å². The first-order valence-corrected chi connectivity index (χ1v) is 8.42. The van der Waals surface area contributed by atoms with Gasteiger partial charge in [-0.3, -0.25) is 0 Å². The SMILES string of the molecule is CCNC(=NCc1ccccc1)NCC1(CCOCC)CC1.I. The molecule has 0 amide bonds. The van der Waals surface area contributed by atoms with E-state index in [2.05, 4.69) is 53.7 Å². The standard InChI is InChI=1S/C18H29N3O.HI/c1-3-19-17(20-14-16-8-6-5-7-9-16)21-15-18(10-11-18)12-13-22-4-2;/h5-9H,3-4,10-15H2,1-2H3,(H2,19,20,21);1H. The first-order valence-electron chi connectivity index (χ1n) is 8.42. The fraction of sp³-hybridized carbons (Fsp3) is 0.611. The zero-order valence-electron chi connectivity index (χ0n) is 14.3. The lowest BCUT2D eigenvalue weighted by Crippen LogP contribution is -2.40. The van der Waals surface area contributed by atoms with Gasteiger partial charge in [0.2, 0.25) is 0 Å². The van der Waals surface area contributed by atoms with Crippen LogP contribution in [0.2, 0.25) is 0 Å². The van der Waals surface area contributed by atoms with Crippen molar-refractivity contribution in [2.24, 2.45) is 10.4 Å². The van der Waals surface area contributed by atoms with Crippen LogP contribution in [0.3, 0.4) is 0 Å². The molecule has 0 radical (unpaired) electrons. The first-order chi connectivity index (χ1) is 10.8. The zero-order valence-corrected chi connectivity index (χ0v) is 16.6. The monoisotopic (exact) mass is 431 g/mol. The molecule has 5 heteroatoms. The molecule has 0 heterocycles. The molecule has 0 spiro atoms. The van der Waals surface area contributed by atoms with Crippen LogP contribution in [0.5, 0.6) is 0 Å². The summed E-state index contributed by atoms with van der Waals surface area (Å²) in [7, 11) is 0. The van der Waals surface area contributed by atoms with Gasteiger partial charge in [0.1, 0.15) is 0 Å². The quantitative estimate of drug-likeness (QED) is 0.272. The molecule has 1 aromatic rings. The Kier molecular flexibility index (Phi) is 9.55. The van der Waals surface area contributed by atoms with Crippen molar-refractivity contribution in [3.63, 3.8) is 0 Å². The summed E-state index contributed by atoms with van der Waals surface area (Å²) in [6.07, 6.45) is 3.74. The molecular formula is C18H30IN3O. The largest absolute Gasteiger partial charge is 0.382 e. The minimum absolute atomic E-state index is 0. The Labute approximate surface area is 157 Å². The van der Waals surface area contributed by atoms with Crippen LogP contribution in [0, 0.1) is 5.41 Å². The van der Waals surface area contributed by atoms with Gasteiger partial charge in [0.15, 0.2) is 5.96 Å². The summed E-state index contributed by atoms with van der Waals surface area (Å²) in [6.45, 7) is 8.41. The lowest BCUT2D eigenvalue weighted by atomic mass is 10.0. The molecule has 1 fully saturated rings. The van der Waals surface area contributed by atoms with Crippen molar-refractivity contribution in [1.82, 2.24) is 10.6 Å². The van der Waals surface area contributed by atoms with E-state index in [1.165, 1.54) is 18.4 Å². The van der Waals surface area contributed by atoms with Gasteiger partial charge in [-0.15, -0.1) is 24.0 Å². The highest BCUT2D eigenvalue weighted by molar-refractivity contribution is 14.0. The van der Waals surface area contributed by atoms with Crippen LogP contribution in [-0.4, -0.2) is 32.3 Å². The second kappa shape index (κ2) is 10.9. The number of aliphatic imine (C=N–C) groups is 1. The smallest absolute Gasteiger partial charge is 0.191 e. The van der Waals surface area contributed by atoms with Crippen molar-refractivity contribution in [2.75, 3.05) is 26.3 Å². The van der Waals surface area contributed by atoms with Crippen LogP contribution < -0.4 is 10.6 Å². The van der Waals surface area contributed by atoms with Crippen molar-refractivity contribution in [3.8, 4) is 0 Å². The maximum absolute atomic E-state index is 5.50. The molecule has 1 saturated carbocycles. The zero-order chi connectivity index (χ0) is 15.7. The predicted octanol–water partition coefficient (Wildman–Crippen LogP) is 3.57. The number of hydrogen-bond donors (Lipinski definition) is 2. The highest BCUT2D eigenvalue weighted by atomic mass is 127. The Morgan fingerprint density at radius 1 is 1.17 bits per heavy atom. The number of guanidine groups is 1. The van der Waals surface area contributed by atoms with Gasteiger partial charge in [-0.2, -0.15) is 0 Å². The minimum Gasteiger partial charge on any atom is -0.382 e. The van der Waals surface area contributed by atoms with Crippen molar-refractivity contribution >= 4 is 29.9 Å². The average Bonchev–Trinajstić information content (AvgIpc) is 3.32. The molecule has 0 aliphatic heterocycles. The fourth-order valence-corrected chi connectivity index (χ4v) is 2.49. The summed E-state index contributed by atoms with van der Waals surface area (Å²) in [4.78, 5) is 4.67. The van der Waals surface area contributed by atoms with Crippen molar-refractivity contribution in [2.45, 2.75) is 39.7 Å². The molecule has 130 valence electrons. The Bertz CT molecular complexity index is 461. The predicted molar refractivity (Wildman–Crippen MR) is 107 cm³/mol.